The van der Waals surface area contributed by atoms with E-state index in [1.54, 1.807) is 0 Å². The van der Waals surface area contributed by atoms with E-state index >= 15 is 0 Å². The number of hydrogen-bond acceptors (Lipinski definition) is 4. The third kappa shape index (κ3) is 4.32. The Kier molecular flexibility index (Phi) is 6.33. The smallest absolute Gasteiger partial charge is 0.223 e. The minimum absolute atomic E-state index is 0.130. The van der Waals surface area contributed by atoms with Crippen LogP contribution in [0, 0.1) is 0 Å². The van der Waals surface area contributed by atoms with Crippen LogP contribution < -0.4 is 0 Å². The molecule has 0 bridgehead atoms. The number of likely N-dealkylation sites (tertiary alicyclic amines) is 1. The molecular weight excluding hydrogens is 374 g/mol. The van der Waals surface area contributed by atoms with E-state index in [-0.39, 0.29) is 6.04 Å². The van der Waals surface area contributed by atoms with Gasteiger partial charge in [0.15, 0.2) is 0 Å². The molecule has 3 heterocycles. The lowest BCUT2D eigenvalue weighted by atomic mass is 10.00. The lowest BCUT2D eigenvalue weighted by Crippen LogP contribution is -2.39. The average molecular weight is 404 g/mol. The van der Waals surface area contributed by atoms with Crippen molar-refractivity contribution >= 4 is 38.5 Å². The number of amides is 1. The van der Waals surface area contributed by atoms with Gasteiger partial charge in [-0.1, -0.05) is 40.1 Å². The Hall–Kier alpha value is -1.14. The van der Waals surface area contributed by atoms with Gasteiger partial charge in [0.05, 0.1) is 17.1 Å². The van der Waals surface area contributed by atoms with Gasteiger partial charge in [0.1, 0.15) is 5.82 Å². The highest BCUT2D eigenvalue weighted by Crippen LogP contribution is 2.40. The first-order valence-electron chi connectivity index (χ1n) is 10.2. The summed E-state index contributed by atoms with van der Waals surface area (Å²) in [6.07, 6.45) is 8.80. The largest absolute Gasteiger partial charge is 0.333 e. The Morgan fingerprint density at radius 3 is 2.93 bits per heavy atom. The Balaban J connectivity index is 1.40. The average Bonchev–Trinajstić information content (AvgIpc) is 3.33. The number of unbranched alkanes of at least 4 members (excludes halogenated alkanes) is 1. The highest BCUT2D eigenvalue weighted by atomic mass is 33.1. The predicted octanol–water partition coefficient (Wildman–Crippen LogP) is 5.34. The van der Waals surface area contributed by atoms with Gasteiger partial charge in [-0.15, -0.1) is 0 Å². The second-order valence-corrected chi connectivity index (χ2v) is 10.5. The molecule has 4 nitrogen and oxygen atoms in total. The fourth-order valence-corrected chi connectivity index (χ4v) is 7.34. The SMILES string of the molecule is Cn1c([C@H]2CCCCN2C(=O)CCCC[C@@H]2CCSS2)nc2ccccc21. The molecule has 2 atom stereocenters. The predicted molar refractivity (Wildman–Crippen MR) is 116 cm³/mol. The summed E-state index contributed by atoms with van der Waals surface area (Å²) >= 11 is 0. The third-order valence-electron chi connectivity index (χ3n) is 5.84. The van der Waals surface area contributed by atoms with Crippen LogP contribution in [0.2, 0.25) is 0 Å². The van der Waals surface area contributed by atoms with E-state index < -0.39 is 0 Å². The minimum Gasteiger partial charge on any atom is -0.333 e. The Bertz CT molecular complexity index is 785. The number of piperidine rings is 1. The van der Waals surface area contributed by atoms with Crippen LogP contribution in [0.3, 0.4) is 0 Å². The molecule has 27 heavy (non-hydrogen) atoms. The molecule has 0 aliphatic carbocycles. The summed E-state index contributed by atoms with van der Waals surface area (Å²) < 4.78 is 2.18. The zero-order chi connectivity index (χ0) is 18.6. The van der Waals surface area contributed by atoms with Crippen molar-refractivity contribution in [2.75, 3.05) is 12.3 Å². The van der Waals surface area contributed by atoms with Gasteiger partial charge in [0.2, 0.25) is 5.91 Å². The zero-order valence-electron chi connectivity index (χ0n) is 16.1. The van der Waals surface area contributed by atoms with Crippen molar-refractivity contribution in [3.05, 3.63) is 30.1 Å². The van der Waals surface area contributed by atoms with Gasteiger partial charge < -0.3 is 9.47 Å². The van der Waals surface area contributed by atoms with Crippen LogP contribution in [-0.2, 0) is 11.8 Å². The second-order valence-electron chi connectivity index (χ2n) is 7.69. The monoisotopic (exact) mass is 403 g/mol. The van der Waals surface area contributed by atoms with Gasteiger partial charge in [-0.05, 0) is 50.7 Å². The summed E-state index contributed by atoms with van der Waals surface area (Å²) in [7, 11) is 6.13. The van der Waals surface area contributed by atoms with Crippen LogP contribution in [0.1, 0.15) is 63.2 Å². The van der Waals surface area contributed by atoms with Crippen LogP contribution >= 0.6 is 21.6 Å². The molecule has 2 aliphatic rings. The van der Waals surface area contributed by atoms with Crippen LogP contribution in [0.4, 0.5) is 0 Å². The van der Waals surface area contributed by atoms with Gasteiger partial charge in [0, 0.05) is 31.0 Å². The molecule has 4 rings (SSSR count). The fraction of sp³-hybridized carbons (Fsp3) is 0.619. The van der Waals surface area contributed by atoms with Crippen LogP contribution in [-0.4, -0.2) is 37.9 Å². The molecule has 0 spiro atoms. The van der Waals surface area contributed by atoms with E-state index in [0.29, 0.717) is 12.3 Å². The second kappa shape index (κ2) is 8.91. The maximum atomic E-state index is 13.0. The summed E-state index contributed by atoms with van der Waals surface area (Å²) in [4.78, 5) is 20.0. The van der Waals surface area contributed by atoms with E-state index in [2.05, 4.69) is 34.7 Å². The highest BCUT2D eigenvalue weighted by molar-refractivity contribution is 8.77. The molecule has 2 aromatic rings. The summed E-state index contributed by atoms with van der Waals surface area (Å²) in [5.41, 5.74) is 2.18. The number of fused-ring (bicyclic) bond motifs is 1. The normalized spacial score (nSPS) is 23.2. The standard InChI is InChI=1S/C21H29N3OS2/c1-23-18-10-4-3-9-17(18)22-21(23)19-11-6-7-14-24(19)20(25)12-5-2-8-16-13-15-26-27-16/h3-4,9-10,16,19H,2,5-8,11-15H2,1H3/t16-,19-/m1/s1. The van der Waals surface area contributed by atoms with Gasteiger partial charge in [-0.25, -0.2) is 4.98 Å². The molecule has 2 aliphatic heterocycles. The van der Waals surface area contributed by atoms with Gasteiger partial charge in [-0.3, -0.25) is 4.79 Å². The van der Waals surface area contributed by atoms with E-state index in [0.717, 1.165) is 47.9 Å². The first-order chi connectivity index (χ1) is 13.2. The molecule has 1 aromatic carbocycles. The van der Waals surface area contributed by atoms with Crippen molar-refractivity contribution < 1.29 is 4.79 Å². The number of imidazole rings is 1. The van der Waals surface area contributed by atoms with E-state index in [9.17, 15) is 4.79 Å². The number of rotatable bonds is 6. The van der Waals surface area contributed by atoms with Crippen LogP contribution in [0.15, 0.2) is 24.3 Å². The number of aromatic nitrogens is 2. The molecule has 0 unspecified atom stereocenters. The summed E-state index contributed by atoms with van der Waals surface area (Å²) in [5.74, 6) is 2.66. The maximum absolute atomic E-state index is 13.0. The number of carbonyl (C=O) groups is 1. The Labute approximate surface area is 169 Å². The van der Waals surface area contributed by atoms with E-state index in [4.69, 9.17) is 4.98 Å². The van der Waals surface area contributed by atoms with Gasteiger partial charge >= 0.3 is 0 Å². The first-order valence-corrected chi connectivity index (χ1v) is 12.6. The lowest BCUT2D eigenvalue weighted by molar-refractivity contribution is -0.135. The van der Waals surface area contributed by atoms with Crippen molar-refractivity contribution in [2.24, 2.45) is 7.05 Å². The number of benzene rings is 1. The fourth-order valence-electron chi connectivity index (χ4n) is 4.32. The molecule has 1 amide bonds. The minimum atomic E-state index is 0.130. The molecule has 0 radical (unpaired) electrons. The van der Waals surface area contributed by atoms with Crippen molar-refractivity contribution in [1.82, 2.24) is 14.5 Å². The molecule has 0 saturated carbocycles. The third-order valence-corrected chi connectivity index (χ3v) is 8.84. The number of nitrogens with zero attached hydrogens (tertiary/aromatic N) is 3. The molecule has 6 heteroatoms. The van der Waals surface area contributed by atoms with E-state index in [1.165, 1.54) is 31.4 Å². The molecule has 1 aromatic heterocycles. The van der Waals surface area contributed by atoms with E-state index in [1.807, 2.05) is 27.7 Å². The van der Waals surface area contributed by atoms with Gasteiger partial charge in [0.25, 0.3) is 0 Å². The van der Waals surface area contributed by atoms with Crippen molar-refractivity contribution in [2.45, 2.75) is 62.7 Å². The van der Waals surface area contributed by atoms with Crippen LogP contribution in [0.5, 0.6) is 0 Å². The molecule has 2 fully saturated rings. The molecule has 2 saturated heterocycles. The van der Waals surface area contributed by atoms with Gasteiger partial charge in [-0.2, -0.15) is 0 Å². The summed E-state index contributed by atoms with van der Waals surface area (Å²) in [6, 6.07) is 8.39. The zero-order valence-corrected chi connectivity index (χ0v) is 17.7. The lowest BCUT2D eigenvalue weighted by Gasteiger charge is -2.35. The Morgan fingerprint density at radius 2 is 2.11 bits per heavy atom. The molecular formula is C21H29N3OS2. The van der Waals surface area contributed by atoms with Crippen molar-refractivity contribution in [3.63, 3.8) is 0 Å². The van der Waals surface area contributed by atoms with Crippen LogP contribution in [0.25, 0.3) is 11.0 Å². The highest BCUT2D eigenvalue weighted by Gasteiger charge is 2.31. The Morgan fingerprint density at radius 1 is 1.22 bits per heavy atom. The summed E-state index contributed by atoms with van der Waals surface area (Å²) in [5, 5.41) is 0.813. The molecule has 146 valence electrons. The van der Waals surface area contributed by atoms with Crippen molar-refractivity contribution in [3.8, 4) is 0 Å². The number of hydrogen-bond donors (Lipinski definition) is 0. The number of para-hydroxylation sites is 2. The quantitative estimate of drug-likeness (QED) is 0.482. The maximum Gasteiger partial charge on any atom is 0.223 e. The first kappa shape index (κ1) is 19.2. The number of carbonyl (C=O) groups excluding carboxylic acids is 1. The molecule has 0 N–H and O–H groups in total. The van der Waals surface area contributed by atoms with Crippen molar-refractivity contribution in [1.29, 1.82) is 0 Å². The topological polar surface area (TPSA) is 38.1 Å². The summed E-state index contributed by atoms with van der Waals surface area (Å²) in [6.45, 7) is 0.877. The number of aryl methyl sites for hydroxylation is 1.